The van der Waals surface area contributed by atoms with Gasteiger partial charge in [0.15, 0.2) is 0 Å². The Morgan fingerprint density at radius 3 is 2.21 bits per heavy atom. The number of alkyl halides is 3. The first-order valence-corrected chi connectivity index (χ1v) is 11.4. The van der Waals surface area contributed by atoms with E-state index in [0.29, 0.717) is 33.5 Å². The van der Waals surface area contributed by atoms with Crippen LogP contribution in [-0.2, 0) is 4.79 Å². The van der Waals surface area contributed by atoms with Crippen molar-refractivity contribution in [3.8, 4) is 16.9 Å². The van der Waals surface area contributed by atoms with Gasteiger partial charge in [0.2, 0.25) is 5.91 Å². The minimum atomic E-state index is -4.81. The van der Waals surface area contributed by atoms with Crippen LogP contribution in [-0.4, -0.2) is 30.2 Å². The number of anilines is 1. The molecule has 4 nitrogen and oxygen atoms in total. The predicted molar refractivity (Wildman–Crippen MR) is 125 cm³/mol. The third kappa shape index (κ3) is 6.09. The number of halogens is 3. The van der Waals surface area contributed by atoms with E-state index < -0.39 is 12.3 Å². The lowest BCUT2D eigenvalue weighted by Gasteiger charge is -2.19. The van der Waals surface area contributed by atoms with Crippen LogP contribution < -0.4 is 10.1 Å². The number of para-hydroxylation sites is 1. The van der Waals surface area contributed by atoms with Gasteiger partial charge in [-0.15, -0.1) is 24.9 Å². The maximum absolute atomic E-state index is 12.9. The summed E-state index contributed by atoms with van der Waals surface area (Å²) in [5.74, 6) is -1.41. The number of nitrogens with one attached hydrogen (secondary N) is 1. The summed E-state index contributed by atoms with van der Waals surface area (Å²) in [4.78, 5) is 13.9. The largest absolute Gasteiger partial charge is 0.573 e. The van der Waals surface area contributed by atoms with Crippen molar-refractivity contribution in [1.82, 2.24) is 0 Å². The summed E-state index contributed by atoms with van der Waals surface area (Å²) < 4.78 is 42.7. The third-order valence-corrected chi connectivity index (χ3v) is 5.94. The fourth-order valence-electron chi connectivity index (χ4n) is 3.75. The van der Waals surface area contributed by atoms with E-state index in [0.717, 1.165) is 4.90 Å². The van der Waals surface area contributed by atoms with E-state index in [2.05, 4.69) is 10.1 Å². The van der Waals surface area contributed by atoms with Crippen LogP contribution in [0, 0.1) is 13.8 Å². The molecule has 174 valence electrons. The number of hydrogen-bond donors (Lipinski definition) is 2. The van der Waals surface area contributed by atoms with Crippen molar-refractivity contribution < 1.29 is 27.8 Å². The van der Waals surface area contributed by atoms with Crippen molar-refractivity contribution in [3.63, 3.8) is 0 Å². The predicted octanol–water partition coefficient (Wildman–Crippen LogP) is 6.31. The third-order valence-electron chi connectivity index (χ3n) is 5.20. The van der Waals surface area contributed by atoms with Crippen LogP contribution in [0.3, 0.4) is 0 Å². The van der Waals surface area contributed by atoms with Crippen LogP contribution in [0.2, 0.25) is 0 Å². The number of aryl methyl sites for hydroxylation is 2. The molecule has 2 N–H and O–H groups in total. The molecule has 0 saturated heterocycles. The molecule has 33 heavy (non-hydrogen) atoms. The SMILES string of the molecule is CSc1ccc(C(CO)C(=O)Nc2cc(C)c(-c3ccccc3OC(F)(F)F)c(C)c2)cc1. The van der Waals surface area contributed by atoms with Crippen molar-refractivity contribution in [2.45, 2.75) is 31.0 Å². The number of benzene rings is 3. The molecule has 3 rings (SSSR count). The van der Waals surface area contributed by atoms with Crippen molar-refractivity contribution in [2.75, 3.05) is 18.2 Å². The zero-order valence-electron chi connectivity index (χ0n) is 18.4. The smallest absolute Gasteiger partial charge is 0.405 e. The van der Waals surface area contributed by atoms with Gasteiger partial charge in [0.1, 0.15) is 5.75 Å². The molecule has 0 radical (unpaired) electrons. The van der Waals surface area contributed by atoms with Gasteiger partial charge in [0.25, 0.3) is 0 Å². The highest BCUT2D eigenvalue weighted by molar-refractivity contribution is 7.98. The van der Waals surface area contributed by atoms with Gasteiger partial charge >= 0.3 is 6.36 Å². The molecular weight excluding hydrogens is 451 g/mol. The molecule has 0 fully saturated rings. The van der Waals surface area contributed by atoms with Gasteiger partial charge in [-0.25, -0.2) is 0 Å². The summed E-state index contributed by atoms with van der Waals surface area (Å²) in [5.41, 5.74) is 3.44. The standard InChI is InChI=1S/C25H24F3NO3S/c1-15-12-18(29-24(31)21(14-30)17-8-10-19(33-3)11-9-17)13-16(2)23(15)20-6-4-5-7-22(20)32-25(26,27)28/h4-13,21,30H,14H2,1-3H3,(H,29,31). The summed E-state index contributed by atoms with van der Waals surface area (Å²) in [6.07, 6.45) is -2.85. The van der Waals surface area contributed by atoms with Crippen LogP contribution in [0.15, 0.2) is 65.6 Å². The molecule has 1 unspecified atom stereocenters. The number of aliphatic hydroxyl groups excluding tert-OH is 1. The number of hydrogen-bond acceptors (Lipinski definition) is 4. The Bertz CT molecular complexity index is 1110. The number of aliphatic hydroxyl groups is 1. The monoisotopic (exact) mass is 475 g/mol. The molecule has 0 aromatic heterocycles. The minimum absolute atomic E-state index is 0.290. The fraction of sp³-hybridized carbons (Fsp3) is 0.240. The van der Waals surface area contributed by atoms with Crippen molar-refractivity contribution in [2.24, 2.45) is 0 Å². The Labute approximate surface area is 194 Å². The van der Waals surface area contributed by atoms with E-state index in [4.69, 9.17) is 0 Å². The fourth-order valence-corrected chi connectivity index (χ4v) is 4.16. The average molecular weight is 476 g/mol. The molecular formula is C25H24F3NO3S. The van der Waals surface area contributed by atoms with Crippen molar-refractivity contribution in [3.05, 3.63) is 77.4 Å². The molecule has 0 spiro atoms. The molecule has 8 heteroatoms. The number of rotatable bonds is 7. The van der Waals surface area contributed by atoms with E-state index in [1.54, 1.807) is 49.9 Å². The van der Waals surface area contributed by atoms with Crippen molar-refractivity contribution in [1.29, 1.82) is 0 Å². The van der Waals surface area contributed by atoms with Crippen LogP contribution in [0.5, 0.6) is 5.75 Å². The number of carbonyl (C=O) groups is 1. The molecule has 3 aromatic carbocycles. The van der Waals surface area contributed by atoms with E-state index in [-0.39, 0.29) is 18.3 Å². The number of thioether (sulfide) groups is 1. The Kier molecular flexibility index (Phi) is 7.71. The highest BCUT2D eigenvalue weighted by Crippen LogP contribution is 2.38. The second-order valence-electron chi connectivity index (χ2n) is 7.53. The summed E-state index contributed by atoms with van der Waals surface area (Å²) >= 11 is 1.58. The molecule has 0 bridgehead atoms. The lowest BCUT2D eigenvalue weighted by atomic mass is 9.94. The second kappa shape index (κ2) is 10.3. The van der Waals surface area contributed by atoms with Gasteiger partial charge in [-0.2, -0.15) is 0 Å². The van der Waals surface area contributed by atoms with Crippen LogP contribution in [0.25, 0.3) is 11.1 Å². The number of carbonyl (C=O) groups excluding carboxylic acids is 1. The van der Waals surface area contributed by atoms with E-state index >= 15 is 0 Å². The van der Waals surface area contributed by atoms with Gasteiger partial charge < -0.3 is 15.2 Å². The maximum Gasteiger partial charge on any atom is 0.573 e. The minimum Gasteiger partial charge on any atom is -0.405 e. The maximum atomic E-state index is 12.9. The molecule has 0 heterocycles. The van der Waals surface area contributed by atoms with E-state index in [9.17, 15) is 23.1 Å². The lowest BCUT2D eigenvalue weighted by Crippen LogP contribution is -2.24. The van der Waals surface area contributed by atoms with Crippen LogP contribution in [0.4, 0.5) is 18.9 Å². The Morgan fingerprint density at radius 1 is 1.06 bits per heavy atom. The summed E-state index contributed by atoms with van der Waals surface area (Å²) in [5, 5.41) is 12.6. The Morgan fingerprint density at radius 2 is 1.67 bits per heavy atom. The van der Waals surface area contributed by atoms with Crippen molar-refractivity contribution >= 4 is 23.4 Å². The second-order valence-corrected chi connectivity index (χ2v) is 8.41. The summed E-state index contributed by atoms with van der Waals surface area (Å²) in [6.45, 7) is 3.16. The highest BCUT2D eigenvalue weighted by atomic mass is 32.2. The van der Waals surface area contributed by atoms with Gasteiger partial charge in [0, 0.05) is 16.1 Å². The van der Waals surface area contributed by atoms with Gasteiger partial charge in [-0.05, 0) is 72.7 Å². The average Bonchev–Trinajstić information content (AvgIpc) is 2.74. The molecule has 0 aliphatic carbocycles. The van der Waals surface area contributed by atoms with Gasteiger partial charge in [-0.1, -0.05) is 30.3 Å². The quantitative estimate of drug-likeness (QED) is 0.394. The highest BCUT2D eigenvalue weighted by Gasteiger charge is 2.32. The summed E-state index contributed by atoms with van der Waals surface area (Å²) in [7, 11) is 0. The lowest BCUT2D eigenvalue weighted by molar-refractivity contribution is -0.274. The molecule has 0 aliphatic heterocycles. The zero-order chi connectivity index (χ0) is 24.2. The number of amides is 1. The molecule has 1 atom stereocenters. The molecule has 3 aromatic rings. The molecule has 0 aliphatic rings. The van der Waals surface area contributed by atoms with Gasteiger partial charge in [-0.3, -0.25) is 4.79 Å². The zero-order valence-corrected chi connectivity index (χ0v) is 19.2. The topological polar surface area (TPSA) is 58.6 Å². The molecule has 1 amide bonds. The van der Waals surface area contributed by atoms with E-state index in [1.807, 2.05) is 30.5 Å². The first kappa shape index (κ1) is 24.7. The normalized spacial score (nSPS) is 12.3. The molecule has 0 saturated carbocycles. The Balaban J connectivity index is 1.88. The van der Waals surface area contributed by atoms with Gasteiger partial charge in [0.05, 0.1) is 12.5 Å². The van der Waals surface area contributed by atoms with Crippen LogP contribution >= 0.6 is 11.8 Å². The first-order chi connectivity index (χ1) is 15.6. The van der Waals surface area contributed by atoms with Crippen LogP contribution in [0.1, 0.15) is 22.6 Å². The first-order valence-electron chi connectivity index (χ1n) is 10.1. The Hall–Kier alpha value is -2.97. The number of ether oxygens (including phenoxy) is 1. The summed E-state index contributed by atoms with van der Waals surface area (Å²) in [6, 6.07) is 16.7. The van der Waals surface area contributed by atoms with E-state index in [1.165, 1.54) is 12.1 Å².